The fraction of sp³-hybridized carbons (Fsp3) is 1.00. The van der Waals surface area contributed by atoms with Crippen molar-refractivity contribution in [2.24, 2.45) is 0 Å². The lowest BCUT2D eigenvalue weighted by Crippen LogP contribution is -2.37. The Morgan fingerprint density at radius 1 is 1.50 bits per heavy atom. The molecule has 0 radical (unpaired) electrons. The third-order valence-corrected chi connectivity index (χ3v) is 2.17. The van der Waals surface area contributed by atoms with Gasteiger partial charge in [-0.2, -0.15) is 8.42 Å². The van der Waals surface area contributed by atoms with Crippen molar-refractivity contribution in [1.29, 1.82) is 0 Å². The molecule has 3 N–H and O–H groups in total. The predicted octanol–water partition coefficient (Wildman–Crippen LogP) is -0.715. The first-order valence-electron chi connectivity index (χ1n) is 3.28. The Labute approximate surface area is 70.5 Å². The van der Waals surface area contributed by atoms with Crippen LogP contribution in [0.25, 0.3) is 0 Å². The molecule has 0 spiro atoms. The number of aliphatic hydroxyl groups is 2. The molecule has 7 heteroatoms. The third kappa shape index (κ3) is 3.98. The number of rotatable bonds is 4. The van der Waals surface area contributed by atoms with Gasteiger partial charge in [0.2, 0.25) is 0 Å². The van der Waals surface area contributed by atoms with E-state index in [9.17, 15) is 8.42 Å². The smallest absolute Gasteiger partial charge is 0.292 e. The summed E-state index contributed by atoms with van der Waals surface area (Å²) in [6, 6.07) is 0. The lowest BCUT2D eigenvalue weighted by Gasteiger charge is -2.22. The van der Waals surface area contributed by atoms with Crippen molar-refractivity contribution in [3.63, 3.8) is 0 Å². The van der Waals surface area contributed by atoms with Gasteiger partial charge in [0.25, 0.3) is 16.1 Å². The fourth-order valence-electron chi connectivity index (χ4n) is 0.410. The standard InChI is InChI=1S/C5H12O6S/c1-3-5(6,7)11-4(2)12(8,9)10/h4,6-7H,3H2,1-2H3,(H,8,9,10). The summed E-state index contributed by atoms with van der Waals surface area (Å²) in [6.07, 6.45) is -0.202. The molecule has 74 valence electrons. The molecule has 0 aliphatic rings. The maximum atomic E-state index is 10.3. The van der Waals surface area contributed by atoms with E-state index in [-0.39, 0.29) is 6.42 Å². The summed E-state index contributed by atoms with van der Waals surface area (Å²) in [7, 11) is -4.39. The van der Waals surface area contributed by atoms with Crippen LogP contribution < -0.4 is 0 Å². The Bertz CT molecular complexity index is 230. The van der Waals surface area contributed by atoms with Crippen molar-refractivity contribution in [2.75, 3.05) is 0 Å². The summed E-state index contributed by atoms with van der Waals surface area (Å²) in [5.41, 5.74) is -1.66. The van der Waals surface area contributed by atoms with Crippen LogP contribution in [0.15, 0.2) is 0 Å². The quantitative estimate of drug-likeness (QED) is 0.409. The molecule has 12 heavy (non-hydrogen) atoms. The minimum absolute atomic E-state index is 0.202. The molecule has 0 aromatic carbocycles. The summed E-state index contributed by atoms with van der Waals surface area (Å²) >= 11 is 0. The zero-order chi connectivity index (χ0) is 9.99. The van der Waals surface area contributed by atoms with Crippen LogP contribution in [-0.2, 0) is 14.9 Å². The molecule has 0 amide bonds. The van der Waals surface area contributed by atoms with Gasteiger partial charge in [-0.05, 0) is 6.92 Å². The molecule has 0 aliphatic carbocycles. The first-order valence-corrected chi connectivity index (χ1v) is 4.78. The summed E-state index contributed by atoms with van der Waals surface area (Å²) < 4.78 is 33.3. The van der Waals surface area contributed by atoms with Crippen molar-refractivity contribution in [3.05, 3.63) is 0 Å². The van der Waals surface area contributed by atoms with Crippen LogP contribution in [0, 0.1) is 0 Å². The molecule has 0 aromatic heterocycles. The minimum Gasteiger partial charge on any atom is -0.343 e. The molecule has 0 aliphatic heterocycles. The lowest BCUT2D eigenvalue weighted by molar-refractivity contribution is -0.343. The first kappa shape index (κ1) is 11.8. The summed E-state index contributed by atoms with van der Waals surface area (Å²) in [4.78, 5) is 0. The number of hydrogen-bond donors (Lipinski definition) is 3. The highest BCUT2D eigenvalue weighted by Gasteiger charge is 2.30. The number of hydrogen-bond acceptors (Lipinski definition) is 5. The van der Waals surface area contributed by atoms with Crippen LogP contribution in [-0.4, -0.2) is 34.6 Å². The van der Waals surface area contributed by atoms with Crippen molar-refractivity contribution in [1.82, 2.24) is 0 Å². The van der Waals surface area contributed by atoms with Gasteiger partial charge in [0.1, 0.15) is 0 Å². The second-order valence-corrected chi connectivity index (χ2v) is 3.99. The van der Waals surface area contributed by atoms with Crippen LogP contribution in [0.2, 0.25) is 0 Å². The van der Waals surface area contributed by atoms with Gasteiger partial charge in [0, 0.05) is 6.42 Å². The lowest BCUT2D eigenvalue weighted by atomic mass is 10.4. The van der Waals surface area contributed by atoms with E-state index in [4.69, 9.17) is 14.8 Å². The van der Waals surface area contributed by atoms with E-state index < -0.39 is 21.5 Å². The molecular weight excluding hydrogens is 188 g/mol. The zero-order valence-corrected chi connectivity index (χ0v) is 7.58. The van der Waals surface area contributed by atoms with Crippen LogP contribution in [0.4, 0.5) is 0 Å². The highest BCUT2D eigenvalue weighted by atomic mass is 32.2. The highest BCUT2D eigenvalue weighted by Crippen LogP contribution is 2.12. The Morgan fingerprint density at radius 2 is 1.92 bits per heavy atom. The Morgan fingerprint density at radius 3 is 2.17 bits per heavy atom. The number of ether oxygens (including phenoxy) is 1. The van der Waals surface area contributed by atoms with Crippen LogP contribution in [0.1, 0.15) is 20.3 Å². The average molecular weight is 200 g/mol. The molecule has 0 rings (SSSR count). The van der Waals surface area contributed by atoms with Gasteiger partial charge in [-0.1, -0.05) is 6.92 Å². The second kappa shape index (κ2) is 3.67. The van der Waals surface area contributed by atoms with Gasteiger partial charge in [-0.3, -0.25) is 4.55 Å². The van der Waals surface area contributed by atoms with Gasteiger partial charge in [-0.15, -0.1) is 0 Å². The SMILES string of the molecule is CCC(O)(O)OC(C)S(=O)(=O)O. The minimum atomic E-state index is -4.39. The Kier molecular flexibility index (Phi) is 3.60. The summed E-state index contributed by atoms with van der Waals surface area (Å²) in [5.74, 6) is -2.52. The second-order valence-electron chi connectivity index (χ2n) is 2.30. The van der Waals surface area contributed by atoms with Crippen molar-refractivity contribution in [2.45, 2.75) is 31.7 Å². The van der Waals surface area contributed by atoms with Gasteiger partial charge in [0.15, 0.2) is 5.44 Å². The van der Waals surface area contributed by atoms with Crippen molar-refractivity contribution in [3.8, 4) is 0 Å². The molecule has 0 fully saturated rings. The Balaban J connectivity index is 4.29. The third-order valence-electron chi connectivity index (χ3n) is 1.23. The van der Waals surface area contributed by atoms with Crippen molar-refractivity contribution < 1.29 is 27.9 Å². The molecule has 0 heterocycles. The summed E-state index contributed by atoms with van der Waals surface area (Å²) in [6.45, 7) is 2.38. The van der Waals surface area contributed by atoms with Gasteiger partial charge >= 0.3 is 0 Å². The molecule has 0 saturated carbocycles. The van der Waals surface area contributed by atoms with E-state index in [1.807, 2.05) is 0 Å². The molecule has 0 aromatic rings. The van der Waals surface area contributed by atoms with Gasteiger partial charge in [0.05, 0.1) is 0 Å². The topological polar surface area (TPSA) is 104 Å². The largest absolute Gasteiger partial charge is 0.343 e. The summed E-state index contributed by atoms with van der Waals surface area (Å²) in [5, 5.41) is 17.6. The van der Waals surface area contributed by atoms with E-state index >= 15 is 0 Å². The average Bonchev–Trinajstić information content (AvgIpc) is 1.85. The molecule has 0 bridgehead atoms. The Hall–Kier alpha value is -0.210. The van der Waals surface area contributed by atoms with Crippen molar-refractivity contribution >= 4 is 10.1 Å². The van der Waals surface area contributed by atoms with E-state index in [0.717, 1.165) is 6.92 Å². The molecule has 1 unspecified atom stereocenters. The highest BCUT2D eigenvalue weighted by molar-refractivity contribution is 7.86. The van der Waals surface area contributed by atoms with Crippen LogP contribution in [0.3, 0.4) is 0 Å². The monoisotopic (exact) mass is 200 g/mol. The first-order chi connectivity index (χ1) is 5.19. The maximum Gasteiger partial charge on any atom is 0.292 e. The fourth-order valence-corrected chi connectivity index (χ4v) is 0.686. The van der Waals surface area contributed by atoms with E-state index in [1.165, 1.54) is 6.92 Å². The van der Waals surface area contributed by atoms with Crippen LogP contribution >= 0.6 is 0 Å². The van der Waals surface area contributed by atoms with E-state index in [1.54, 1.807) is 0 Å². The van der Waals surface area contributed by atoms with Gasteiger partial charge < -0.3 is 14.9 Å². The van der Waals surface area contributed by atoms with E-state index in [0.29, 0.717) is 0 Å². The molecular formula is C5H12O6S. The predicted molar refractivity (Wildman–Crippen MR) is 39.6 cm³/mol. The van der Waals surface area contributed by atoms with E-state index in [2.05, 4.69) is 4.74 Å². The van der Waals surface area contributed by atoms with Gasteiger partial charge in [-0.25, -0.2) is 0 Å². The molecule has 6 nitrogen and oxygen atoms in total. The normalized spacial score (nSPS) is 16.1. The zero-order valence-electron chi connectivity index (χ0n) is 6.76. The van der Waals surface area contributed by atoms with Crippen LogP contribution in [0.5, 0.6) is 0 Å². The molecule has 1 atom stereocenters. The molecule has 0 saturated heterocycles. The maximum absolute atomic E-state index is 10.3.